The fourth-order valence-electron chi connectivity index (χ4n) is 2.73. The van der Waals surface area contributed by atoms with E-state index in [1.54, 1.807) is 12.1 Å². The van der Waals surface area contributed by atoms with Crippen LogP contribution in [0.25, 0.3) is 11.0 Å². The Kier molecular flexibility index (Phi) is 4.01. The van der Waals surface area contributed by atoms with E-state index in [4.69, 9.17) is 4.74 Å². The molecule has 0 saturated carbocycles. The number of amides is 1. The highest BCUT2D eigenvalue weighted by Gasteiger charge is 2.38. The average Bonchev–Trinajstić information content (AvgIpc) is 2.86. The highest BCUT2D eigenvalue weighted by molar-refractivity contribution is 5.81. The van der Waals surface area contributed by atoms with Crippen molar-refractivity contribution in [3.8, 4) is 0 Å². The number of ether oxygens (including phenoxy) is 1. The summed E-state index contributed by atoms with van der Waals surface area (Å²) in [5, 5.41) is 0. The van der Waals surface area contributed by atoms with Gasteiger partial charge in [-0.25, -0.2) is 4.98 Å². The first-order chi connectivity index (χ1) is 10.9. The number of alkyl halides is 3. The zero-order valence-corrected chi connectivity index (χ0v) is 12.5. The molecule has 1 aliphatic rings. The maximum absolute atomic E-state index is 13.2. The molecule has 1 atom stereocenters. The van der Waals surface area contributed by atoms with E-state index < -0.39 is 12.0 Å². The number of rotatable bonds is 2. The van der Waals surface area contributed by atoms with Crippen LogP contribution in [0.15, 0.2) is 24.3 Å². The van der Waals surface area contributed by atoms with E-state index >= 15 is 0 Å². The van der Waals surface area contributed by atoms with Crippen LogP contribution < -0.4 is 0 Å². The fraction of sp³-hybridized carbons (Fsp3) is 0.467. The zero-order chi connectivity index (χ0) is 16.6. The van der Waals surface area contributed by atoms with Crippen LogP contribution in [0.3, 0.4) is 0 Å². The molecule has 2 heterocycles. The Morgan fingerprint density at radius 3 is 2.83 bits per heavy atom. The average molecular weight is 327 g/mol. The smallest absolute Gasteiger partial charge is 0.375 e. The molecular formula is C15H16F3N3O2. The second-order valence-corrected chi connectivity index (χ2v) is 5.53. The maximum atomic E-state index is 13.2. The van der Waals surface area contributed by atoms with Gasteiger partial charge in [-0.3, -0.25) is 4.79 Å². The first-order valence-corrected chi connectivity index (χ1v) is 7.28. The molecule has 3 rings (SSSR count). The number of carbonyl (C=O) groups is 1. The Hall–Kier alpha value is -2.09. The van der Waals surface area contributed by atoms with Crippen LogP contribution in [0.4, 0.5) is 13.2 Å². The third-order valence-electron chi connectivity index (χ3n) is 3.80. The minimum absolute atomic E-state index is 0.116. The number of imidazole rings is 1. The Bertz CT molecular complexity index is 726. The van der Waals surface area contributed by atoms with Gasteiger partial charge in [0.15, 0.2) is 0 Å². The van der Waals surface area contributed by atoms with Crippen LogP contribution in [0.1, 0.15) is 12.7 Å². The predicted octanol–water partition coefficient (Wildman–Crippen LogP) is 2.30. The first-order valence-electron chi connectivity index (χ1n) is 7.28. The number of nitrogens with zero attached hydrogens (tertiary/aromatic N) is 3. The molecule has 23 heavy (non-hydrogen) atoms. The Balaban J connectivity index is 1.93. The van der Waals surface area contributed by atoms with Gasteiger partial charge >= 0.3 is 6.18 Å². The predicted molar refractivity (Wildman–Crippen MR) is 76.7 cm³/mol. The quantitative estimate of drug-likeness (QED) is 0.850. The Morgan fingerprint density at radius 2 is 2.13 bits per heavy atom. The lowest BCUT2D eigenvalue weighted by Gasteiger charge is -2.31. The summed E-state index contributed by atoms with van der Waals surface area (Å²) in [7, 11) is 0. The van der Waals surface area contributed by atoms with Crippen LogP contribution in [0.5, 0.6) is 0 Å². The normalized spacial score (nSPS) is 19.3. The molecule has 0 spiro atoms. The highest BCUT2D eigenvalue weighted by atomic mass is 19.4. The second kappa shape index (κ2) is 5.84. The second-order valence-electron chi connectivity index (χ2n) is 5.53. The molecule has 0 aliphatic carbocycles. The number of para-hydroxylation sites is 2. The lowest BCUT2D eigenvalue weighted by atomic mass is 10.3. The van der Waals surface area contributed by atoms with Crippen molar-refractivity contribution in [2.24, 2.45) is 0 Å². The van der Waals surface area contributed by atoms with Gasteiger partial charge in [-0.2, -0.15) is 13.2 Å². The fourth-order valence-corrected chi connectivity index (χ4v) is 2.73. The van der Waals surface area contributed by atoms with Gasteiger partial charge in [0, 0.05) is 13.1 Å². The van der Waals surface area contributed by atoms with E-state index in [1.807, 2.05) is 6.92 Å². The third-order valence-corrected chi connectivity index (χ3v) is 3.80. The van der Waals surface area contributed by atoms with Gasteiger partial charge in [0.1, 0.15) is 6.54 Å². The number of morpholine rings is 1. The number of fused-ring (bicyclic) bond motifs is 1. The Morgan fingerprint density at radius 1 is 1.39 bits per heavy atom. The molecule has 1 aliphatic heterocycles. The third kappa shape index (κ3) is 3.17. The molecule has 1 aromatic heterocycles. The summed E-state index contributed by atoms with van der Waals surface area (Å²) >= 11 is 0. The van der Waals surface area contributed by atoms with E-state index in [9.17, 15) is 18.0 Å². The lowest BCUT2D eigenvalue weighted by Crippen LogP contribution is -2.46. The molecule has 8 heteroatoms. The van der Waals surface area contributed by atoms with E-state index in [0.29, 0.717) is 25.2 Å². The topological polar surface area (TPSA) is 47.4 Å². The van der Waals surface area contributed by atoms with Crippen LogP contribution >= 0.6 is 0 Å². The van der Waals surface area contributed by atoms with Gasteiger partial charge in [0.2, 0.25) is 11.7 Å². The lowest BCUT2D eigenvalue weighted by molar-refractivity contribution is -0.149. The van der Waals surface area contributed by atoms with Crippen molar-refractivity contribution >= 4 is 16.9 Å². The van der Waals surface area contributed by atoms with Gasteiger partial charge in [-0.15, -0.1) is 0 Å². The van der Waals surface area contributed by atoms with Gasteiger partial charge in [-0.05, 0) is 19.1 Å². The molecule has 0 radical (unpaired) electrons. The van der Waals surface area contributed by atoms with Crippen molar-refractivity contribution in [2.45, 2.75) is 25.7 Å². The van der Waals surface area contributed by atoms with Gasteiger partial charge in [0.05, 0.1) is 23.7 Å². The minimum atomic E-state index is -4.61. The minimum Gasteiger partial charge on any atom is -0.375 e. The molecule has 124 valence electrons. The standard InChI is InChI=1S/C15H16F3N3O2/c1-10-8-20(6-7-23-10)13(22)9-21-12-5-3-2-4-11(12)19-14(21)15(16,17)18/h2-5,10H,6-9H2,1H3/t10-/m1/s1. The van der Waals surface area contributed by atoms with Gasteiger partial charge < -0.3 is 14.2 Å². The van der Waals surface area contributed by atoms with Crippen molar-refractivity contribution < 1.29 is 22.7 Å². The molecule has 1 fully saturated rings. The number of hydrogen-bond donors (Lipinski definition) is 0. The summed E-state index contributed by atoms with van der Waals surface area (Å²) in [6.45, 7) is 2.60. The van der Waals surface area contributed by atoms with Crippen LogP contribution in [-0.2, 0) is 22.3 Å². The molecule has 1 aromatic carbocycles. The molecule has 0 bridgehead atoms. The van der Waals surface area contributed by atoms with Crippen molar-refractivity contribution in [1.29, 1.82) is 0 Å². The molecular weight excluding hydrogens is 311 g/mol. The van der Waals surface area contributed by atoms with Crippen molar-refractivity contribution in [3.05, 3.63) is 30.1 Å². The number of aromatic nitrogens is 2. The highest BCUT2D eigenvalue weighted by Crippen LogP contribution is 2.31. The van der Waals surface area contributed by atoms with Crippen molar-refractivity contribution in [3.63, 3.8) is 0 Å². The number of carbonyl (C=O) groups excluding carboxylic acids is 1. The van der Waals surface area contributed by atoms with Crippen LogP contribution in [0, 0.1) is 0 Å². The summed E-state index contributed by atoms with van der Waals surface area (Å²) in [6, 6.07) is 6.28. The SMILES string of the molecule is C[C@@H]1CN(C(=O)Cn2c(C(F)(F)F)nc3ccccc32)CCO1. The van der Waals surface area contributed by atoms with Crippen LogP contribution in [0.2, 0.25) is 0 Å². The van der Waals surface area contributed by atoms with Crippen molar-refractivity contribution in [1.82, 2.24) is 14.5 Å². The number of benzene rings is 1. The summed E-state index contributed by atoms with van der Waals surface area (Å²) in [5.41, 5.74) is 0.525. The summed E-state index contributed by atoms with van der Waals surface area (Å²) in [6.07, 6.45) is -4.73. The summed E-state index contributed by atoms with van der Waals surface area (Å²) < 4.78 is 45.9. The van der Waals surface area contributed by atoms with E-state index in [2.05, 4.69) is 4.98 Å². The van der Waals surface area contributed by atoms with Gasteiger partial charge in [0.25, 0.3) is 0 Å². The van der Waals surface area contributed by atoms with Crippen molar-refractivity contribution in [2.75, 3.05) is 19.7 Å². The largest absolute Gasteiger partial charge is 0.449 e. The summed E-state index contributed by atoms with van der Waals surface area (Å²) in [5.74, 6) is -1.41. The molecule has 0 unspecified atom stereocenters. The monoisotopic (exact) mass is 327 g/mol. The molecule has 1 amide bonds. The van der Waals surface area contributed by atoms with Gasteiger partial charge in [-0.1, -0.05) is 12.1 Å². The Labute approximate surface area is 130 Å². The van der Waals surface area contributed by atoms with Crippen LogP contribution in [-0.4, -0.2) is 46.2 Å². The van der Waals surface area contributed by atoms with E-state index in [-0.39, 0.29) is 24.1 Å². The first kappa shape index (κ1) is 15.8. The number of halogens is 3. The van der Waals surface area contributed by atoms with E-state index in [1.165, 1.54) is 17.0 Å². The molecule has 1 saturated heterocycles. The molecule has 5 nitrogen and oxygen atoms in total. The number of hydrogen-bond acceptors (Lipinski definition) is 3. The molecule has 2 aromatic rings. The van der Waals surface area contributed by atoms with E-state index in [0.717, 1.165) is 4.57 Å². The maximum Gasteiger partial charge on any atom is 0.449 e. The summed E-state index contributed by atoms with van der Waals surface area (Å²) in [4.78, 5) is 17.6. The molecule has 0 N–H and O–H groups in total. The zero-order valence-electron chi connectivity index (χ0n) is 12.5.